The summed E-state index contributed by atoms with van der Waals surface area (Å²) in [4.78, 5) is 24.3. The van der Waals surface area contributed by atoms with Gasteiger partial charge in [0.05, 0.1) is 31.9 Å². The molecule has 0 aliphatic carbocycles. The zero-order valence-corrected chi connectivity index (χ0v) is 18.1. The molecule has 3 atom stereocenters. The maximum atomic E-state index is 12.2. The zero-order chi connectivity index (χ0) is 22.0. The third-order valence-electron chi connectivity index (χ3n) is 5.24. The first-order valence-corrected chi connectivity index (χ1v) is 10.5. The molecule has 2 N–H and O–H groups in total. The van der Waals surface area contributed by atoms with Crippen molar-refractivity contribution in [2.24, 2.45) is 0 Å². The number of morpholine rings is 1. The first-order chi connectivity index (χ1) is 14.9. The average molecular weight is 453 g/mol. The summed E-state index contributed by atoms with van der Waals surface area (Å²) in [7, 11) is 0. The Kier molecular flexibility index (Phi) is 6.56. The smallest absolute Gasteiger partial charge is 0.416 e. The van der Waals surface area contributed by atoms with Crippen LogP contribution < -0.4 is 10.2 Å². The van der Waals surface area contributed by atoms with E-state index in [-0.39, 0.29) is 29.6 Å². The van der Waals surface area contributed by atoms with Gasteiger partial charge >= 0.3 is 6.09 Å². The number of hydrogen-bond acceptors (Lipinski definition) is 10. The van der Waals surface area contributed by atoms with Crippen molar-refractivity contribution in [3.8, 4) is 0 Å². The highest BCUT2D eigenvalue weighted by atomic mass is 35.5. The van der Waals surface area contributed by atoms with Crippen molar-refractivity contribution in [3.05, 3.63) is 28.7 Å². The molecule has 2 fully saturated rings. The number of aromatic nitrogens is 3. The topological polar surface area (TPSA) is 126 Å². The van der Waals surface area contributed by atoms with E-state index in [0.29, 0.717) is 25.5 Å². The predicted octanol–water partition coefficient (Wildman–Crippen LogP) is 1.83. The van der Waals surface area contributed by atoms with Gasteiger partial charge < -0.3 is 24.4 Å². The Morgan fingerprint density at radius 2 is 2.06 bits per heavy atom. The maximum absolute atomic E-state index is 12.2. The van der Waals surface area contributed by atoms with E-state index in [1.54, 1.807) is 6.92 Å². The highest BCUT2D eigenvalue weighted by Crippen LogP contribution is 2.27. The van der Waals surface area contributed by atoms with Crippen molar-refractivity contribution in [3.63, 3.8) is 0 Å². The van der Waals surface area contributed by atoms with Crippen LogP contribution in [0.3, 0.4) is 0 Å². The van der Waals surface area contributed by atoms with Crippen molar-refractivity contribution in [2.45, 2.75) is 38.6 Å². The van der Waals surface area contributed by atoms with Crippen molar-refractivity contribution in [1.82, 2.24) is 20.0 Å². The lowest BCUT2D eigenvalue weighted by Gasteiger charge is -2.25. The lowest BCUT2D eigenvalue weighted by Crippen LogP contribution is -2.41. The molecule has 2 saturated heterocycles. The molecule has 0 aromatic carbocycles. The van der Waals surface area contributed by atoms with Gasteiger partial charge in [0.25, 0.3) is 0 Å². The second-order valence-corrected chi connectivity index (χ2v) is 7.99. The van der Waals surface area contributed by atoms with Crippen molar-refractivity contribution in [1.29, 1.82) is 0 Å². The number of aliphatic hydroxyl groups is 1. The molecule has 168 valence electrons. The molecule has 2 aliphatic heterocycles. The second-order valence-electron chi connectivity index (χ2n) is 7.60. The molecule has 2 aliphatic rings. The Morgan fingerprint density at radius 3 is 2.81 bits per heavy atom. The summed E-state index contributed by atoms with van der Waals surface area (Å²) in [5.41, 5.74) is 0.691. The molecule has 4 rings (SSSR count). The van der Waals surface area contributed by atoms with Crippen LogP contribution in [0.1, 0.15) is 31.3 Å². The highest BCUT2D eigenvalue weighted by molar-refractivity contribution is 6.29. The van der Waals surface area contributed by atoms with Gasteiger partial charge in [0.1, 0.15) is 29.3 Å². The zero-order valence-electron chi connectivity index (χ0n) is 17.3. The van der Waals surface area contributed by atoms with Crippen LogP contribution in [0.5, 0.6) is 0 Å². The summed E-state index contributed by atoms with van der Waals surface area (Å²) in [6, 6.07) is 2.52. The minimum Gasteiger partial charge on any atom is -0.447 e. The van der Waals surface area contributed by atoms with E-state index in [9.17, 15) is 9.90 Å². The van der Waals surface area contributed by atoms with Crippen LogP contribution in [0.4, 0.5) is 16.6 Å². The largest absolute Gasteiger partial charge is 0.447 e. The summed E-state index contributed by atoms with van der Waals surface area (Å²) in [6.45, 7) is 7.36. The molecule has 12 heteroatoms. The van der Waals surface area contributed by atoms with Crippen molar-refractivity contribution >= 4 is 29.5 Å². The van der Waals surface area contributed by atoms with E-state index >= 15 is 0 Å². The van der Waals surface area contributed by atoms with E-state index in [1.807, 2.05) is 13.0 Å². The van der Waals surface area contributed by atoms with Crippen molar-refractivity contribution < 1.29 is 23.9 Å². The minimum absolute atomic E-state index is 0.0716. The molecule has 0 saturated carbocycles. The fourth-order valence-corrected chi connectivity index (χ4v) is 3.68. The normalized spacial score (nSPS) is 21.7. The molecule has 2 aromatic rings. The van der Waals surface area contributed by atoms with E-state index in [2.05, 4.69) is 25.3 Å². The van der Waals surface area contributed by atoms with Gasteiger partial charge in [-0.1, -0.05) is 16.8 Å². The van der Waals surface area contributed by atoms with Crippen LogP contribution >= 0.6 is 11.6 Å². The number of carbonyl (C=O) groups excluding carboxylic acids is 1. The molecular weight excluding hydrogens is 428 g/mol. The van der Waals surface area contributed by atoms with E-state index < -0.39 is 18.2 Å². The molecule has 1 amide bonds. The standard InChI is InChI=1S/C19H25ClN6O5/c1-11(14-7-13(31-24-14)9-25-3-5-29-6-4-25)21-18-22-16(20)8-17(23-18)26-15(12(2)27)10-30-19(26)28/h7-8,11-12,15,27H,3-6,9-10H2,1-2H3,(H,21,22,23)/t11-,12+,15+/m0/s1. The number of rotatable bonds is 7. The molecule has 0 radical (unpaired) electrons. The van der Waals surface area contributed by atoms with Gasteiger partial charge in [0, 0.05) is 25.2 Å². The molecule has 2 aromatic heterocycles. The summed E-state index contributed by atoms with van der Waals surface area (Å²) in [5, 5.41) is 17.4. The number of amides is 1. The Bertz CT molecular complexity index is 919. The van der Waals surface area contributed by atoms with Gasteiger partial charge in [-0.3, -0.25) is 9.80 Å². The summed E-state index contributed by atoms with van der Waals surface area (Å²) >= 11 is 6.16. The first-order valence-electron chi connectivity index (χ1n) is 10.1. The van der Waals surface area contributed by atoms with E-state index in [0.717, 1.165) is 18.8 Å². The van der Waals surface area contributed by atoms with Gasteiger partial charge in [0.15, 0.2) is 5.76 Å². The predicted molar refractivity (Wildman–Crippen MR) is 111 cm³/mol. The van der Waals surface area contributed by atoms with Gasteiger partial charge in [-0.25, -0.2) is 9.78 Å². The number of hydrogen-bond donors (Lipinski definition) is 2. The molecule has 0 spiro atoms. The number of anilines is 2. The fourth-order valence-electron chi connectivity index (χ4n) is 3.50. The number of cyclic esters (lactones) is 1. The number of nitrogens with one attached hydrogen (secondary N) is 1. The van der Waals surface area contributed by atoms with Crippen LogP contribution in [-0.2, 0) is 16.0 Å². The Labute approximate surface area is 184 Å². The number of nitrogens with zero attached hydrogens (tertiary/aromatic N) is 5. The molecule has 0 bridgehead atoms. The van der Waals surface area contributed by atoms with E-state index in [1.165, 1.54) is 11.0 Å². The molecule has 0 unspecified atom stereocenters. The Morgan fingerprint density at radius 1 is 1.29 bits per heavy atom. The SMILES string of the molecule is C[C@H](Nc1nc(Cl)cc(N2C(=O)OC[C@@H]2[C@@H](C)O)n1)c1cc(CN2CCOCC2)on1. The van der Waals surface area contributed by atoms with Gasteiger partial charge in [-0.05, 0) is 13.8 Å². The lowest BCUT2D eigenvalue weighted by molar-refractivity contribution is 0.0305. The van der Waals surface area contributed by atoms with Crippen molar-refractivity contribution in [2.75, 3.05) is 43.1 Å². The number of aliphatic hydroxyl groups excluding tert-OH is 1. The summed E-state index contributed by atoms with van der Waals surface area (Å²) in [6.07, 6.45) is -1.39. The average Bonchev–Trinajstić information content (AvgIpc) is 3.35. The quantitative estimate of drug-likeness (QED) is 0.600. The summed E-state index contributed by atoms with van der Waals surface area (Å²) in [5.74, 6) is 1.23. The Hall–Kier alpha value is -2.47. The van der Waals surface area contributed by atoms with Crippen LogP contribution in [0.15, 0.2) is 16.7 Å². The number of halogens is 1. The van der Waals surface area contributed by atoms with Gasteiger partial charge in [-0.15, -0.1) is 0 Å². The minimum atomic E-state index is -0.796. The molecule has 31 heavy (non-hydrogen) atoms. The fraction of sp³-hybridized carbons (Fsp3) is 0.579. The molecule has 4 heterocycles. The number of ether oxygens (including phenoxy) is 2. The molecule has 11 nitrogen and oxygen atoms in total. The van der Waals surface area contributed by atoms with Gasteiger partial charge in [0.2, 0.25) is 5.95 Å². The third kappa shape index (κ3) is 5.06. The highest BCUT2D eigenvalue weighted by Gasteiger charge is 2.38. The van der Waals surface area contributed by atoms with E-state index in [4.69, 9.17) is 25.6 Å². The maximum Gasteiger partial charge on any atom is 0.416 e. The Balaban J connectivity index is 1.46. The lowest BCUT2D eigenvalue weighted by atomic mass is 10.2. The first kappa shape index (κ1) is 21.8. The van der Waals surface area contributed by atoms with Crippen LogP contribution in [0.2, 0.25) is 5.15 Å². The van der Waals surface area contributed by atoms with Crippen LogP contribution in [0.25, 0.3) is 0 Å². The number of carbonyl (C=O) groups is 1. The van der Waals surface area contributed by atoms with Crippen LogP contribution in [0, 0.1) is 0 Å². The third-order valence-corrected chi connectivity index (χ3v) is 5.43. The van der Waals surface area contributed by atoms with Gasteiger partial charge in [-0.2, -0.15) is 4.98 Å². The summed E-state index contributed by atoms with van der Waals surface area (Å²) < 4.78 is 15.9. The molecular formula is C19H25ClN6O5. The second kappa shape index (κ2) is 9.35. The van der Waals surface area contributed by atoms with Crippen LogP contribution in [-0.4, -0.2) is 76.3 Å². The monoisotopic (exact) mass is 452 g/mol.